The highest BCUT2D eigenvalue weighted by Gasteiger charge is 2.13. The van der Waals surface area contributed by atoms with E-state index in [-0.39, 0.29) is 5.91 Å². The summed E-state index contributed by atoms with van der Waals surface area (Å²) >= 11 is 12.2. The quantitative estimate of drug-likeness (QED) is 0.645. The fraction of sp³-hybridized carbons (Fsp3) is 0.0769. The number of fused-ring (bicyclic) bond motifs is 1. The number of rotatable bonds is 2. The summed E-state index contributed by atoms with van der Waals surface area (Å²) in [7, 11) is 0. The number of carbonyl (C=O) groups excluding carboxylic acids is 1. The van der Waals surface area contributed by atoms with Crippen molar-refractivity contribution in [2.45, 2.75) is 6.92 Å². The highest BCUT2D eigenvalue weighted by Crippen LogP contribution is 2.32. The molecule has 1 N–H and O–H groups in total. The third kappa shape index (κ3) is 2.61. The Labute approximate surface area is 136 Å². The fourth-order valence-corrected chi connectivity index (χ4v) is 4.10. The number of amides is 1. The van der Waals surface area contributed by atoms with E-state index in [2.05, 4.69) is 26.2 Å². The molecule has 20 heavy (non-hydrogen) atoms. The molecule has 2 heterocycles. The Balaban J connectivity index is 1.92. The number of benzene rings is 1. The number of nitrogens with one attached hydrogen (secondary N) is 1. The van der Waals surface area contributed by atoms with Gasteiger partial charge in [0.25, 0.3) is 5.91 Å². The number of halogens is 2. The highest BCUT2D eigenvalue weighted by molar-refractivity contribution is 9.11. The van der Waals surface area contributed by atoms with Crippen LogP contribution in [0.2, 0.25) is 5.02 Å². The number of aromatic nitrogens is 1. The van der Waals surface area contributed by atoms with Crippen LogP contribution in [0.25, 0.3) is 10.2 Å². The molecule has 0 aliphatic heterocycles. The summed E-state index contributed by atoms with van der Waals surface area (Å²) < 4.78 is 1.93. The maximum absolute atomic E-state index is 12.1. The molecule has 1 aromatic carbocycles. The molecule has 3 nitrogen and oxygen atoms in total. The summed E-state index contributed by atoms with van der Waals surface area (Å²) in [5.41, 5.74) is 1.77. The van der Waals surface area contributed by atoms with Crippen molar-refractivity contribution < 1.29 is 4.79 Å². The summed E-state index contributed by atoms with van der Waals surface area (Å²) in [6, 6.07) is 7.39. The van der Waals surface area contributed by atoms with Gasteiger partial charge in [0.2, 0.25) is 0 Å². The average molecular weight is 388 g/mol. The monoisotopic (exact) mass is 386 g/mol. The first kappa shape index (κ1) is 14.0. The Kier molecular flexibility index (Phi) is 3.81. The van der Waals surface area contributed by atoms with E-state index < -0.39 is 0 Å². The first-order chi connectivity index (χ1) is 9.54. The normalized spacial score (nSPS) is 10.9. The molecule has 102 valence electrons. The fourth-order valence-electron chi connectivity index (χ4n) is 1.75. The molecule has 0 aliphatic carbocycles. The lowest BCUT2D eigenvalue weighted by molar-refractivity contribution is 0.103. The molecule has 0 aliphatic rings. The van der Waals surface area contributed by atoms with Gasteiger partial charge in [-0.15, -0.1) is 11.3 Å². The molecule has 0 unspecified atom stereocenters. The van der Waals surface area contributed by atoms with Gasteiger partial charge in [0.15, 0.2) is 5.13 Å². The summed E-state index contributed by atoms with van der Waals surface area (Å²) in [4.78, 5) is 17.2. The molecule has 0 saturated heterocycles. The van der Waals surface area contributed by atoms with Crippen LogP contribution in [0, 0.1) is 6.92 Å². The number of hydrogen-bond acceptors (Lipinski definition) is 4. The van der Waals surface area contributed by atoms with Crippen molar-refractivity contribution >= 4 is 71.5 Å². The molecular formula is C13H8BrClN2OS2. The molecular weight excluding hydrogens is 380 g/mol. The van der Waals surface area contributed by atoms with Crippen molar-refractivity contribution in [3.8, 4) is 0 Å². The standard InChI is InChI=1S/C13H8BrClN2OS2/c1-6-7(15)2-3-8-11(6)16-13(20-8)17-12(18)9-4-5-10(14)19-9/h2-5H,1H3,(H,16,17,18). The van der Waals surface area contributed by atoms with Crippen LogP contribution in [0.5, 0.6) is 0 Å². The van der Waals surface area contributed by atoms with E-state index in [0.717, 1.165) is 19.6 Å². The number of thiophene rings is 1. The van der Waals surface area contributed by atoms with E-state index in [1.165, 1.54) is 22.7 Å². The Morgan fingerprint density at radius 1 is 1.30 bits per heavy atom. The minimum atomic E-state index is -0.150. The van der Waals surface area contributed by atoms with Gasteiger partial charge < -0.3 is 0 Å². The van der Waals surface area contributed by atoms with Gasteiger partial charge in [-0.2, -0.15) is 0 Å². The summed E-state index contributed by atoms with van der Waals surface area (Å²) in [6.45, 7) is 1.92. The van der Waals surface area contributed by atoms with Gasteiger partial charge in [-0.1, -0.05) is 22.9 Å². The maximum atomic E-state index is 12.1. The lowest BCUT2D eigenvalue weighted by atomic mass is 10.2. The van der Waals surface area contributed by atoms with Crippen LogP contribution in [0.4, 0.5) is 5.13 Å². The number of anilines is 1. The Bertz CT molecular complexity index is 812. The first-order valence-electron chi connectivity index (χ1n) is 5.67. The van der Waals surface area contributed by atoms with Gasteiger partial charge in [-0.3, -0.25) is 10.1 Å². The van der Waals surface area contributed by atoms with Gasteiger partial charge in [0.05, 0.1) is 18.9 Å². The van der Waals surface area contributed by atoms with E-state index in [1.54, 1.807) is 6.07 Å². The van der Waals surface area contributed by atoms with Gasteiger partial charge in [-0.25, -0.2) is 4.98 Å². The summed E-state index contributed by atoms with van der Waals surface area (Å²) in [6.07, 6.45) is 0. The SMILES string of the molecule is Cc1c(Cl)ccc2sc(NC(=O)c3ccc(Br)s3)nc12. The zero-order valence-corrected chi connectivity index (χ0v) is 14.2. The Hall–Kier alpha value is -0.950. The smallest absolute Gasteiger partial charge is 0.267 e. The number of hydrogen-bond donors (Lipinski definition) is 1. The number of nitrogens with zero attached hydrogens (tertiary/aromatic N) is 1. The van der Waals surface area contributed by atoms with Crippen LogP contribution in [-0.2, 0) is 0 Å². The highest BCUT2D eigenvalue weighted by atomic mass is 79.9. The second-order valence-corrected chi connectivity index (χ2v) is 8.00. The van der Waals surface area contributed by atoms with E-state index >= 15 is 0 Å². The molecule has 1 amide bonds. The number of aryl methyl sites for hydroxylation is 1. The predicted molar refractivity (Wildman–Crippen MR) is 89.3 cm³/mol. The van der Waals surface area contributed by atoms with Crippen LogP contribution in [0.3, 0.4) is 0 Å². The molecule has 3 aromatic rings. The van der Waals surface area contributed by atoms with Crippen molar-refractivity contribution in [2.75, 3.05) is 5.32 Å². The number of thiazole rings is 1. The van der Waals surface area contributed by atoms with Crippen LogP contribution in [0.1, 0.15) is 15.2 Å². The minimum absolute atomic E-state index is 0.150. The van der Waals surface area contributed by atoms with Crippen molar-refractivity contribution in [2.24, 2.45) is 0 Å². The molecule has 0 bridgehead atoms. The van der Waals surface area contributed by atoms with Crippen LogP contribution in [-0.4, -0.2) is 10.9 Å². The summed E-state index contributed by atoms with van der Waals surface area (Å²) in [5.74, 6) is -0.150. The Morgan fingerprint density at radius 3 is 2.80 bits per heavy atom. The van der Waals surface area contributed by atoms with Gasteiger partial charge in [0.1, 0.15) is 0 Å². The lowest BCUT2D eigenvalue weighted by Crippen LogP contribution is -2.09. The third-order valence-electron chi connectivity index (χ3n) is 2.77. The predicted octanol–water partition coefficient (Wildman–Crippen LogP) is 5.33. The van der Waals surface area contributed by atoms with E-state index in [0.29, 0.717) is 15.0 Å². The topological polar surface area (TPSA) is 42.0 Å². The van der Waals surface area contributed by atoms with E-state index in [9.17, 15) is 4.79 Å². The maximum Gasteiger partial charge on any atom is 0.267 e. The van der Waals surface area contributed by atoms with E-state index in [1.807, 2.05) is 25.1 Å². The molecule has 7 heteroatoms. The molecule has 2 aromatic heterocycles. The number of carbonyl (C=O) groups is 1. The van der Waals surface area contributed by atoms with Crippen molar-refractivity contribution in [3.05, 3.63) is 43.5 Å². The van der Waals surface area contributed by atoms with Crippen molar-refractivity contribution in [1.29, 1.82) is 0 Å². The van der Waals surface area contributed by atoms with Crippen molar-refractivity contribution in [3.63, 3.8) is 0 Å². The molecule has 0 fully saturated rings. The zero-order valence-electron chi connectivity index (χ0n) is 10.2. The zero-order chi connectivity index (χ0) is 14.3. The summed E-state index contributed by atoms with van der Waals surface area (Å²) in [5, 5.41) is 4.09. The third-order valence-corrected chi connectivity index (χ3v) is 5.73. The molecule has 0 saturated carbocycles. The average Bonchev–Trinajstić information content (AvgIpc) is 3.00. The molecule has 0 radical (unpaired) electrons. The van der Waals surface area contributed by atoms with Crippen LogP contribution >= 0.6 is 50.2 Å². The molecule has 0 atom stereocenters. The van der Waals surface area contributed by atoms with Gasteiger partial charge >= 0.3 is 0 Å². The van der Waals surface area contributed by atoms with Gasteiger partial charge in [0, 0.05) is 5.02 Å². The largest absolute Gasteiger partial charge is 0.297 e. The first-order valence-corrected chi connectivity index (χ1v) is 8.47. The van der Waals surface area contributed by atoms with E-state index in [4.69, 9.17) is 11.6 Å². The molecule has 0 spiro atoms. The van der Waals surface area contributed by atoms with Crippen LogP contribution < -0.4 is 5.32 Å². The lowest BCUT2D eigenvalue weighted by Gasteiger charge is -1.97. The Morgan fingerprint density at radius 2 is 2.10 bits per heavy atom. The minimum Gasteiger partial charge on any atom is -0.297 e. The van der Waals surface area contributed by atoms with Crippen LogP contribution in [0.15, 0.2) is 28.1 Å². The second-order valence-electron chi connectivity index (χ2n) is 4.10. The van der Waals surface area contributed by atoms with Crippen molar-refractivity contribution in [1.82, 2.24) is 4.98 Å². The molecule has 3 rings (SSSR count). The van der Waals surface area contributed by atoms with Gasteiger partial charge in [-0.05, 0) is 52.7 Å². The second kappa shape index (κ2) is 5.44.